The molecule has 19 heavy (non-hydrogen) atoms. The Morgan fingerprint density at radius 2 is 1.37 bits per heavy atom. The lowest BCUT2D eigenvalue weighted by atomic mass is 9.99. The zero-order chi connectivity index (χ0) is 15.0. The number of carbonyl (C=O) groups excluding carboxylic acids is 2. The third-order valence-electron chi connectivity index (χ3n) is 2.30. The Balaban J connectivity index is 3.32. The highest BCUT2D eigenvalue weighted by atomic mass is 16.7. The van der Waals surface area contributed by atoms with Gasteiger partial charge in [0.1, 0.15) is 9.85 Å². The Hall–Kier alpha value is -3.12. The molecular formula is C6H5N5O8. The molecule has 0 aromatic heterocycles. The van der Waals surface area contributed by atoms with Gasteiger partial charge in [0, 0.05) is 11.8 Å². The van der Waals surface area contributed by atoms with Gasteiger partial charge in [-0.2, -0.15) is 0 Å². The Labute approximate surface area is 102 Å². The van der Waals surface area contributed by atoms with Crippen LogP contribution >= 0.6 is 0 Å². The smallest absolute Gasteiger partial charge is 0.294 e. The number of rotatable bonds is 3. The molecule has 1 heterocycles. The standard InChI is InChI=1S/C6H5N5O8/c1-6(11(18)19)4(12)7-2(8-5(6)13)3(9(14)15)10(16)17/h1H3,(H,7,12)(H,8,13). The van der Waals surface area contributed by atoms with E-state index in [1.54, 1.807) is 10.6 Å². The number of hydrogen-bond donors (Lipinski definition) is 2. The van der Waals surface area contributed by atoms with Crippen molar-refractivity contribution in [3.05, 3.63) is 42.0 Å². The van der Waals surface area contributed by atoms with E-state index in [0.717, 1.165) is 0 Å². The van der Waals surface area contributed by atoms with Crippen LogP contribution in [-0.2, 0) is 9.59 Å². The van der Waals surface area contributed by atoms with E-state index in [-0.39, 0.29) is 0 Å². The van der Waals surface area contributed by atoms with Gasteiger partial charge in [0.05, 0.1) is 0 Å². The van der Waals surface area contributed by atoms with Gasteiger partial charge in [-0.3, -0.25) is 50.6 Å². The van der Waals surface area contributed by atoms with Crippen LogP contribution < -0.4 is 10.6 Å². The molecule has 0 unspecified atom stereocenters. The van der Waals surface area contributed by atoms with Crippen LogP contribution in [-0.4, -0.2) is 32.1 Å². The van der Waals surface area contributed by atoms with E-state index in [0.29, 0.717) is 6.92 Å². The van der Waals surface area contributed by atoms with Gasteiger partial charge in [0.15, 0.2) is 0 Å². The fourth-order valence-electron chi connectivity index (χ4n) is 1.13. The molecule has 0 atom stereocenters. The number of hydrogen-bond acceptors (Lipinski definition) is 8. The fourth-order valence-corrected chi connectivity index (χ4v) is 1.13. The molecule has 2 amide bonds. The fraction of sp³-hybridized carbons (Fsp3) is 0.333. The molecule has 0 aromatic carbocycles. The van der Waals surface area contributed by atoms with Crippen LogP contribution in [0.5, 0.6) is 0 Å². The van der Waals surface area contributed by atoms with Gasteiger partial charge < -0.3 is 0 Å². The molecule has 102 valence electrons. The molecule has 1 aliphatic heterocycles. The molecule has 13 heteroatoms. The molecule has 0 bridgehead atoms. The minimum Gasteiger partial charge on any atom is -0.294 e. The lowest BCUT2D eigenvalue weighted by Gasteiger charge is -2.23. The average molecular weight is 275 g/mol. The molecule has 0 saturated carbocycles. The molecule has 13 nitrogen and oxygen atoms in total. The van der Waals surface area contributed by atoms with Gasteiger partial charge in [-0.25, -0.2) is 0 Å². The minimum absolute atomic E-state index is 0.659. The monoisotopic (exact) mass is 275 g/mol. The third kappa shape index (κ3) is 2.03. The Morgan fingerprint density at radius 3 is 1.63 bits per heavy atom. The number of amides is 2. The summed E-state index contributed by atoms with van der Waals surface area (Å²) in [6.07, 6.45) is 0. The minimum atomic E-state index is -2.72. The Bertz CT molecular complexity index is 514. The maximum absolute atomic E-state index is 11.4. The van der Waals surface area contributed by atoms with Crippen molar-refractivity contribution in [3.63, 3.8) is 0 Å². The maximum atomic E-state index is 11.4. The normalized spacial score (nSPS) is 22.3. The van der Waals surface area contributed by atoms with Gasteiger partial charge in [0.25, 0.3) is 5.82 Å². The summed E-state index contributed by atoms with van der Waals surface area (Å²) in [6.45, 7) is 0.659. The largest absolute Gasteiger partial charge is 0.600 e. The maximum Gasteiger partial charge on any atom is 0.600 e. The topological polar surface area (TPSA) is 188 Å². The van der Waals surface area contributed by atoms with Crippen LogP contribution in [0.1, 0.15) is 6.92 Å². The molecule has 1 saturated heterocycles. The van der Waals surface area contributed by atoms with Gasteiger partial charge in [0.2, 0.25) is 0 Å². The SMILES string of the molecule is CC1([N+](=O)[O-])C(=O)NC(=C([N+](=O)[O-])[N+](=O)[O-])NC1=O. The van der Waals surface area contributed by atoms with Crippen LogP contribution in [0.4, 0.5) is 0 Å². The molecule has 0 spiro atoms. The third-order valence-corrected chi connectivity index (χ3v) is 2.30. The summed E-state index contributed by atoms with van der Waals surface area (Å²) in [5.74, 6) is -5.86. The Morgan fingerprint density at radius 1 is 1.00 bits per heavy atom. The molecule has 1 aliphatic rings. The van der Waals surface area contributed by atoms with Crippen molar-refractivity contribution >= 4 is 11.8 Å². The van der Waals surface area contributed by atoms with Gasteiger partial charge in [-0.15, -0.1) is 0 Å². The van der Waals surface area contributed by atoms with Crippen LogP contribution in [0.15, 0.2) is 11.6 Å². The lowest BCUT2D eigenvalue weighted by Crippen LogP contribution is -2.66. The van der Waals surface area contributed by atoms with Crippen molar-refractivity contribution in [2.24, 2.45) is 0 Å². The molecular weight excluding hydrogens is 270 g/mol. The van der Waals surface area contributed by atoms with Crippen molar-refractivity contribution in [2.75, 3.05) is 0 Å². The Kier molecular flexibility index (Phi) is 3.14. The second-order valence-corrected chi connectivity index (χ2v) is 3.45. The first-order valence-corrected chi connectivity index (χ1v) is 4.42. The van der Waals surface area contributed by atoms with Crippen LogP contribution in [0.3, 0.4) is 0 Å². The summed E-state index contributed by atoms with van der Waals surface area (Å²) < 4.78 is 0. The number of nitro groups is 3. The predicted octanol–water partition coefficient (Wildman–Crippen LogP) is -2.05. The average Bonchev–Trinajstić information content (AvgIpc) is 2.24. The van der Waals surface area contributed by atoms with E-state index in [9.17, 15) is 39.9 Å². The lowest BCUT2D eigenvalue weighted by molar-refractivity contribution is -0.618. The second-order valence-electron chi connectivity index (χ2n) is 3.45. The summed E-state index contributed by atoms with van der Waals surface area (Å²) >= 11 is 0. The van der Waals surface area contributed by atoms with E-state index in [1.807, 2.05) is 0 Å². The van der Waals surface area contributed by atoms with Gasteiger partial charge in [-0.05, 0) is 0 Å². The van der Waals surface area contributed by atoms with E-state index in [2.05, 4.69) is 0 Å². The molecule has 0 aliphatic carbocycles. The zero-order valence-corrected chi connectivity index (χ0v) is 9.11. The number of nitrogens with zero attached hydrogens (tertiary/aromatic N) is 3. The summed E-state index contributed by atoms with van der Waals surface area (Å²) in [6, 6.07) is 0. The molecule has 1 fully saturated rings. The molecule has 0 radical (unpaired) electrons. The first-order chi connectivity index (χ1) is 8.62. The molecule has 1 rings (SSSR count). The quantitative estimate of drug-likeness (QED) is 0.334. The summed E-state index contributed by atoms with van der Waals surface area (Å²) in [4.78, 5) is 50.2. The van der Waals surface area contributed by atoms with Crippen molar-refractivity contribution < 1.29 is 24.4 Å². The van der Waals surface area contributed by atoms with E-state index in [4.69, 9.17) is 0 Å². The van der Waals surface area contributed by atoms with Crippen LogP contribution in [0.25, 0.3) is 0 Å². The van der Waals surface area contributed by atoms with Crippen molar-refractivity contribution in [2.45, 2.75) is 12.5 Å². The highest BCUT2D eigenvalue weighted by Gasteiger charge is 2.59. The van der Waals surface area contributed by atoms with Gasteiger partial charge >= 0.3 is 23.2 Å². The van der Waals surface area contributed by atoms with E-state index in [1.165, 1.54) is 0 Å². The summed E-state index contributed by atoms with van der Waals surface area (Å²) in [5.41, 5.74) is -2.72. The first kappa shape index (κ1) is 13.9. The molecule has 2 N–H and O–H groups in total. The predicted molar refractivity (Wildman–Crippen MR) is 52.7 cm³/mol. The highest BCUT2D eigenvalue weighted by molar-refractivity contribution is 6.11. The van der Waals surface area contributed by atoms with Crippen LogP contribution in [0, 0.1) is 30.3 Å². The van der Waals surface area contributed by atoms with E-state index < -0.39 is 43.8 Å². The first-order valence-electron chi connectivity index (χ1n) is 4.42. The van der Waals surface area contributed by atoms with Crippen molar-refractivity contribution in [1.82, 2.24) is 10.6 Å². The number of carbonyl (C=O) groups is 2. The zero-order valence-electron chi connectivity index (χ0n) is 9.11. The summed E-state index contributed by atoms with van der Waals surface area (Å²) in [5, 5.41) is 34.6. The molecule has 0 aromatic rings. The van der Waals surface area contributed by atoms with Crippen molar-refractivity contribution in [1.29, 1.82) is 0 Å². The number of nitrogens with one attached hydrogen (secondary N) is 2. The highest BCUT2D eigenvalue weighted by Crippen LogP contribution is 2.17. The van der Waals surface area contributed by atoms with E-state index >= 15 is 0 Å². The second kappa shape index (κ2) is 4.28. The summed E-state index contributed by atoms with van der Waals surface area (Å²) in [7, 11) is 0. The van der Waals surface area contributed by atoms with Crippen molar-refractivity contribution in [3.8, 4) is 0 Å². The van der Waals surface area contributed by atoms with Crippen LogP contribution in [0.2, 0.25) is 0 Å². The van der Waals surface area contributed by atoms with Gasteiger partial charge in [-0.1, -0.05) is 0 Å².